The topological polar surface area (TPSA) is 77.1 Å². The van der Waals surface area contributed by atoms with E-state index in [4.69, 9.17) is 15.3 Å². The number of halogens is 1. The van der Waals surface area contributed by atoms with Crippen LogP contribution in [0, 0.1) is 22.7 Å². The van der Waals surface area contributed by atoms with Crippen LogP contribution in [0.5, 0.6) is 5.75 Å². The molecule has 0 aliphatic rings. The molecule has 0 radical (unpaired) electrons. The van der Waals surface area contributed by atoms with E-state index in [1.807, 2.05) is 36.4 Å². The molecule has 1 rings (SSSR count). The molecule has 0 bridgehead atoms. The third-order valence-electron chi connectivity index (χ3n) is 2.72. The molecule has 0 fully saturated rings. The lowest BCUT2D eigenvalue weighted by Gasteiger charge is -2.20. The molecule has 0 atom stereocenters. The first-order valence-electron chi connectivity index (χ1n) is 6.57. The van der Waals surface area contributed by atoms with Gasteiger partial charge in [0.15, 0.2) is 0 Å². The summed E-state index contributed by atoms with van der Waals surface area (Å²) in [6.45, 7) is 0.979. The number of carbonyl (C=O) groups excluding carboxylic acids is 1. The van der Waals surface area contributed by atoms with E-state index >= 15 is 0 Å². The van der Waals surface area contributed by atoms with Crippen molar-refractivity contribution in [3.63, 3.8) is 0 Å². The molecule has 1 aromatic rings. The summed E-state index contributed by atoms with van der Waals surface area (Å²) < 4.78 is 6.42. The molecular formula is C15H16BrN3O2. The predicted octanol–water partition coefficient (Wildman–Crippen LogP) is 2.87. The third kappa shape index (κ3) is 6.78. The van der Waals surface area contributed by atoms with Crippen LogP contribution in [0.3, 0.4) is 0 Å². The summed E-state index contributed by atoms with van der Waals surface area (Å²) >= 11 is 3.35. The molecule has 0 heterocycles. The van der Waals surface area contributed by atoms with Crippen molar-refractivity contribution in [3.05, 3.63) is 28.7 Å². The second kappa shape index (κ2) is 9.79. The lowest BCUT2D eigenvalue weighted by Crippen LogP contribution is -2.33. The minimum atomic E-state index is -0.101. The van der Waals surface area contributed by atoms with E-state index in [9.17, 15) is 4.79 Å². The van der Waals surface area contributed by atoms with Crippen molar-refractivity contribution in [3.8, 4) is 17.9 Å². The maximum Gasteiger partial charge on any atom is 0.226 e. The summed E-state index contributed by atoms with van der Waals surface area (Å²) in [6.07, 6.45) is 0.761. The van der Waals surface area contributed by atoms with E-state index in [1.54, 1.807) is 0 Å². The van der Waals surface area contributed by atoms with Crippen LogP contribution in [0.15, 0.2) is 28.7 Å². The van der Waals surface area contributed by atoms with Crippen molar-refractivity contribution in [1.29, 1.82) is 10.5 Å². The average Bonchev–Trinajstić information content (AvgIpc) is 2.47. The highest BCUT2D eigenvalue weighted by molar-refractivity contribution is 9.10. The molecule has 5 nitrogen and oxygen atoms in total. The van der Waals surface area contributed by atoms with E-state index in [0.717, 1.165) is 4.47 Å². The van der Waals surface area contributed by atoms with Crippen LogP contribution < -0.4 is 4.74 Å². The van der Waals surface area contributed by atoms with E-state index in [2.05, 4.69) is 15.9 Å². The summed E-state index contributed by atoms with van der Waals surface area (Å²) in [5, 5.41) is 17.2. The van der Waals surface area contributed by atoms with Gasteiger partial charge in [0.1, 0.15) is 5.75 Å². The van der Waals surface area contributed by atoms with Crippen LogP contribution in [0.2, 0.25) is 0 Å². The van der Waals surface area contributed by atoms with Gasteiger partial charge in [-0.05, 0) is 18.2 Å². The highest BCUT2D eigenvalue weighted by Gasteiger charge is 2.12. The molecule has 0 aliphatic carbocycles. The Morgan fingerprint density at radius 3 is 2.48 bits per heavy atom. The SMILES string of the molecule is N#CCCN(CCC#N)C(=O)CCOc1cccc(Br)c1. The molecule has 1 aromatic carbocycles. The zero-order valence-corrected chi connectivity index (χ0v) is 13.2. The molecule has 0 spiro atoms. The van der Waals surface area contributed by atoms with Crippen LogP contribution in [0.4, 0.5) is 0 Å². The number of amides is 1. The standard InChI is InChI=1S/C15H16BrN3O2/c16-13-4-1-5-14(12-13)21-11-6-15(20)19(9-2-7-17)10-3-8-18/h1,4-5,12H,2-3,6,9-11H2. The van der Waals surface area contributed by atoms with Gasteiger partial charge in [0.2, 0.25) is 5.91 Å². The van der Waals surface area contributed by atoms with Gasteiger partial charge in [-0.3, -0.25) is 4.79 Å². The van der Waals surface area contributed by atoms with Crippen LogP contribution in [-0.2, 0) is 4.79 Å². The van der Waals surface area contributed by atoms with E-state index < -0.39 is 0 Å². The van der Waals surface area contributed by atoms with Crippen LogP contribution >= 0.6 is 15.9 Å². The van der Waals surface area contributed by atoms with Crippen molar-refractivity contribution in [1.82, 2.24) is 4.90 Å². The Balaban J connectivity index is 2.42. The lowest BCUT2D eigenvalue weighted by molar-refractivity contribution is -0.131. The number of ether oxygens (including phenoxy) is 1. The van der Waals surface area contributed by atoms with Crippen molar-refractivity contribution in [2.45, 2.75) is 19.3 Å². The Bertz CT molecular complexity index is 531. The Hall–Kier alpha value is -2.05. The zero-order valence-electron chi connectivity index (χ0n) is 11.6. The zero-order chi connectivity index (χ0) is 15.5. The highest BCUT2D eigenvalue weighted by Crippen LogP contribution is 2.17. The molecular weight excluding hydrogens is 334 g/mol. The molecule has 6 heteroatoms. The molecule has 0 saturated carbocycles. The smallest absolute Gasteiger partial charge is 0.226 e. The molecule has 0 unspecified atom stereocenters. The maximum absolute atomic E-state index is 12.0. The quantitative estimate of drug-likeness (QED) is 0.722. The molecule has 1 amide bonds. The third-order valence-corrected chi connectivity index (χ3v) is 3.21. The largest absolute Gasteiger partial charge is 0.493 e. The van der Waals surface area contributed by atoms with Crippen molar-refractivity contribution < 1.29 is 9.53 Å². The van der Waals surface area contributed by atoms with Gasteiger partial charge in [0, 0.05) is 17.6 Å². The number of nitrogens with zero attached hydrogens (tertiary/aromatic N) is 3. The fraction of sp³-hybridized carbons (Fsp3) is 0.400. The number of benzene rings is 1. The lowest BCUT2D eigenvalue weighted by atomic mass is 10.3. The normalized spacial score (nSPS) is 9.48. The molecule has 0 aliphatic heterocycles. The van der Waals surface area contributed by atoms with Crippen LogP contribution in [-0.4, -0.2) is 30.5 Å². The summed E-state index contributed by atoms with van der Waals surface area (Å²) in [5.41, 5.74) is 0. The summed E-state index contributed by atoms with van der Waals surface area (Å²) in [5.74, 6) is 0.591. The minimum Gasteiger partial charge on any atom is -0.493 e. The Morgan fingerprint density at radius 1 is 1.24 bits per heavy atom. The van der Waals surface area contributed by atoms with Gasteiger partial charge in [0.05, 0.1) is 38.0 Å². The van der Waals surface area contributed by atoms with Crippen LogP contribution in [0.1, 0.15) is 19.3 Å². The van der Waals surface area contributed by atoms with Gasteiger partial charge in [-0.25, -0.2) is 0 Å². The maximum atomic E-state index is 12.0. The first-order valence-corrected chi connectivity index (χ1v) is 7.36. The number of nitriles is 2. The van der Waals surface area contributed by atoms with E-state index in [-0.39, 0.29) is 31.8 Å². The Kier molecular flexibility index (Phi) is 7.93. The van der Waals surface area contributed by atoms with Gasteiger partial charge < -0.3 is 9.64 Å². The molecule has 0 N–H and O–H groups in total. The number of carbonyl (C=O) groups is 1. The molecule has 0 saturated heterocycles. The minimum absolute atomic E-state index is 0.101. The van der Waals surface area contributed by atoms with E-state index in [1.165, 1.54) is 4.90 Å². The van der Waals surface area contributed by atoms with Crippen molar-refractivity contribution in [2.75, 3.05) is 19.7 Å². The molecule has 110 valence electrons. The second-order valence-corrected chi connectivity index (χ2v) is 5.17. The summed E-state index contributed by atoms with van der Waals surface area (Å²) in [6, 6.07) is 11.4. The van der Waals surface area contributed by atoms with Gasteiger partial charge in [0.25, 0.3) is 0 Å². The molecule has 21 heavy (non-hydrogen) atoms. The second-order valence-electron chi connectivity index (χ2n) is 4.25. The average molecular weight is 350 g/mol. The monoisotopic (exact) mass is 349 g/mol. The number of hydrogen-bond acceptors (Lipinski definition) is 4. The van der Waals surface area contributed by atoms with Gasteiger partial charge in [-0.1, -0.05) is 22.0 Å². The first-order chi connectivity index (χ1) is 10.2. The van der Waals surface area contributed by atoms with Gasteiger partial charge in [-0.15, -0.1) is 0 Å². The van der Waals surface area contributed by atoms with Crippen LogP contribution in [0.25, 0.3) is 0 Å². The fourth-order valence-electron chi connectivity index (χ4n) is 1.70. The van der Waals surface area contributed by atoms with Crippen molar-refractivity contribution in [2.24, 2.45) is 0 Å². The number of rotatable bonds is 8. The number of hydrogen-bond donors (Lipinski definition) is 0. The fourth-order valence-corrected chi connectivity index (χ4v) is 2.08. The van der Waals surface area contributed by atoms with Crippen molar-refractivity contribution >= 4 is 21.8 Å². The van der Waals surface area contributed by atoms with E-state index in [0.29, 0.717) is 18.8 Å². The first kappa shape index (κ1) is 17.0. The summed E-state index contributed by atoms with van der Waals surface area (Å²) in [4.78, 5) is 13.6. The molecule has 0 aromatic heterocycles. The van der Waals surface area contributed by atoms with Gasteiger partial charge >= 0.3 is 0 Å². The highest BCUT2D eigenvalue weighted by atomic mass is 79.9. The summed E-state index contributed by atoms with van der Waals surface area (Å²) in [7, 11) is 0. The predicted molar refractivity (Wildman–Crippen MR) is 81.3 cm³/mol. The Labute approximate surface area is 132 Å². The Morgan fingerprint density at radius 2 is 1.90 bits per heavy atom. The van der Waals surface area contributed by atoms with Gasteiger partial charge in [-0.2, -0.15) is 10.5 Å².